The highest BCUT2D eigenvalue weighted by Crippen LogP contribution is 2.26. The molecule has 0 saturated heterocycles. The van der Waals surface area contributed by atoms with Crippen LogP contribution in [-0.2, 0) is 20.9 Å². The smallest absolute Gasteiger partial charge is 0.333 e. The van der Waals surface area contributed by atoms with E-state index in [0.717, 1.165) is 29.0 Å². The van der Waals surface area contributed by atoms with E-state index < -0.39 is 5.97 Å². The van der Waals surface area contributed by atoms with E-state index in [2.05, 4.69) is 5.32 Å². The Kier molecular flexibility index (Phi) is 9.34. The van der Waals surface area contributed by atoms with Gasteiger partial charge in [0.2, 0.25) is 5.91 Å². The highest BCUT2D eigenvalue weighted by molar-refractivity contribution is 7.07. The third kappa shape index (κ3) is 6.76. The molecular weight excluding hydrogens is 528 g/mol. The predicted molar refractivity (Wildman–Crippen MR) is 156 cm³/mol. The number of rotatable bonds is 10. The fraction of sp³-hybridized carbons (Fsp3) is 0.267. The van der Waals surface area contributed by atoms with E-state index in [1.165, 1.54) is 10.6 Å². The van der Waals surface area contributed by atoms with Crippen molar-refractivity contribution >= 4 is 35.4 Å². The van der Waals surface area contributed by atoms with Crippen LogP contribution in [0.5, 0.6) is 5.75 Å². The zero-order valence-corrected chi connectivity index (χ0v) is 23.7. The number of carbonyl (C=O) groups excluding carboxylic acids is 2. The van der Waals surface area contributed by atoms with Crippen molar-refractivity contribution < 1.29 is 19.1 Å². The first-order valence-corrected chi connectivity index (χ1v) is 13.8. The molecule has 40 heavy (non-hydrogen) atoms. The molecule has 4 aromatic rings. The topological polar surface area (TPSA) is 104 Å². The van der Waals surface area contributed by atoms with E-state index in [9.17, 15) is 14.4 Å². The van der Waals surface area contributed by atoms with Gasteiger partial charge in [-0.1, -0.05) is 25.1 Å². The molecule has 1 unspecified atom stereocenters. The third-order valence-electron chi connectivity index (χ3n) is 6.20. The summed E-state index contributed by atoms with van der Waals surface area (Å²) in [6.07, 6.45) is 5.60. The van der Waals surface area contributed by atoms with Gasteiger partial charge in [0, 0.05) is 23.4 Å². The molecule has 9 nitrogen and oxygen atoms in total. The van der Waals surface area contributed by atoms with Crippen molar-refractivity contribution in [3.63, 3.8) is 0 Å². The van der Waals surface area contributed by atoms with Gasteiger partial charge in [0.25, 0.3) is 5.56 Å². The lowest BCUT2D eigenvalue weighted by Crippen LogP contribution is -2.41. The highest BCUT2D eigenvalue weighted by Gasteiger charge is 2.15. The molecule has 1 amide bonds. The quantitative estimate of drug-likeness (QED) is 0.299. The molecule has 0 fully saturated rings. The van der Waals surface area contributed by atoms with E-state index in [-0.39, 0.29) is 30.7 Å². The van der Waals surface area contributed by atoms with Crippen molar-refractivity contribution in [3.05, 3.63) is 85.9 Å². The monoisotopic (exact) mass is 560 g/mol. The number of ether oxygens (including phenoxy) is 2. The second-order valence-corrected chi connectivity index (χ2v) is 10.1. The van der Waals surface area contributed by atoms with Crippen LogP contribution in [0.15, 0.2) is 65.6 Å². The van der Waals surface area contributed by atoms with Gasteiger partial charge in [-0.2, -0.15) is 5.10 Å². The van der Waals surface area contributed by atoms with Gasteiger partial charge in [0.1, 0.15) is 22.7 Å². The number of thiazole rings is 1. The van der Waals surface area contributed by atoms with Crippen LogP contribution in [0.2, 0.25) is 0 Å². The fourth-order valence-electron chi connectivity index (χ4n) is 3.96. The molecule has 208 valence electrons. The van der Waals surface area contributed by atoms with Gasteiger partial charge < -0.3 is 14.8 Å². The van der Waals surface area contributed by atoms with Crippen LogP contribution in [0.25, 0.3) is 29.1 Å². The maximum Gasteiger partial charge on any atom is 0.333 e. The summed E-state index contributed by atoms with van der Waals surface area (Å²) in [5.74, 6) is -0.176. The van der Waals surface area contributed by atoms with Crippen LogP contribution in [0.3, 0.4) is 0 Å². The first-order valence-electron chi connectivity index (χ1n) is 13.0. The molecule has 4 rings (SSSR count). The van der Waals surface area contributed by atoms with Gasteiger partial charge >= 0.3 is 5.97 Å². The third-order valence-corrected chi connectivity index (χ3v) is 7.26. The molecule has 2 aromatic heterocycles. The van der Waals surface area contributed by atoms with Crippen LogP contribution in [0.1, 0.15) is 32.8 Å². The molecule has 1 N–H and O–H groups in total. The average Bonchev–Trinajstić information content (AvgIpc) is 3.50. The van der Waals surface area contributed by atoms with E-state index in [0.29, 0.717) is 26.2 Å². The Hall–Kier alpha value is -4.44. The molecule has 1 atom stereocenters. The Morgan fingerprint density at radius 3 is 2.48 bits per heavy atom. The summed E-state index contributed by atoms with van der Waals surface area (Å²) < 4.78 is 14.1. The van der Waals surface area contributed by atoms with Crippen LogP contribution >= 0.6 is 11.3 Å². The number of methoxy groups -OCH3 is 1. The summed E-state index contributed by atoms with van der Waals surface area (Å²) in [6.45, 7) is 5.54. The van der Waals surface area contributed by atoms with Crippen LogP contribution in [0, 0.1) is 0 Å². The van der Waals surface area contributed by atoms with E-state index in [1.807, 2.05) is 74.6 Å². The summed E-state index contributed by atoms with van der Waals surface area (Å²) >= 11 is 1.12. The van der Waals surface area contributed by atoms with Crippen molar-refractivity contribution in [2.24, 2.45) is 0 Å². The normalized spacial score (nSPS) is 12.8. The molecular formula is C30H32N4O5S. The number of hydrogen-bond acceptors (Lipinski definition) is 7. The lowest BCUT2D eigenvalue weighted by atomic mass is 10.1. The molecule has 0 aliphatic rings. The number of nitrogens with one attached hydrogen (secondary N) is 1. The van der Waals surface area contributed by atoms with Gasteiger partial charge in [-0.05, 0) is 62.7 Å². The number of hydrogen-bond donors (Lipinski definition) is 1. The Balaban J connectivity index is 1.87. The first kappa shape index (κ1) is 28.6. The van der Waals surface area contributed by atoms with Gasteiger partial charge in [-0.3, -0.25) is 14.2 Å². The molecule has 0 saturated carbocycles. The number of para-hydroxylation sites is 1. The second kappa shape index (κ2) is 13.1. The van der Waals surface area contributed by atoms with Crippen LogP contribution < -0.4 is 24.8 Å². The molecule has 2 heterocycles. The Morgan fingerprint density at radius 1 is 1.10 bits per heavy atom. The van der Waals surface area contributed by atoms with Gasteiger partial charge in [-0.15, -0.1) is 11.3 Å². The summed E-state index contributed by atoms with van der Waals surface area (Å²) in [7, 11) is 1.61. The summed E-state index contributed by atoms with van der Waals surface area (Å²) in [6, 6.07) is 17.1. The Morgan fingerprint density at radius 2 is 1.82 bits per heavy atom. The summed E-state index contributed by atoms with van der Waals surface area (Å²) in [5.41, 5.74) is 2.68. The summed E-state index contributed by atoms with van der Waals surface area (Å²) in [4.78, 5) is 38.5. The van der Waals surface area contributed by atoms with Crippen molar-refractivity contribution in [2.75, 3.05) is 13.7 Å². The number of aromatic nitrogens is 3. The number of amides is 1. The molecule has 0 aliphatic carbocycles. The minimum atomic E-state index is -0.581. The average molecular weight is 561 g/mol. The number of carbonyl (C=O) groups is 2. The van der Waals surface area contributed by atoms with Crippen molar-refractivity contribution in [1.29, 1.82) is 0 Å². The molecule has 0 radical (unpaired) electrons. The van der Waals surface area contributed by atoms with Crippen molar-refractivity contribution in [3.8, 4) is 22.7 Å². The van der Waals surface area contributed by atoms with E-state index in [1.54, 1.807) is 24.8 Å². The zero-order valence-electron chi connectivity index (χ0n) is 22.9. The largest absolute Gasteiger partial charge is 0.497 e. The fourth-order valence-corrected chi connectivity index (χ4v) is 4.99. The SMILES string of the molecule is CCOC(=O)/C=c1\s/c(=C\c2cn(-c3ccccc3)nc2-c2ccc(OC)cc2)c(=O)n1CC(=O)NC(C)CC. The van der Waals surface area contributed by atoms with E-state index in [4.69, 9.17) is 14.6 Å². The Bertz CT molecular complexity index is 1650. The minimum absolute atomic E-state index is 0.0405. The molecule has 0 aliphatic heterocycles. The summed E-state index contributed by atoms with van der Waals surface area (Å²) in [5, 5.41) is 7.69. The first-order chi connectivity index (χ1) is 19.3. The van der Waals surface area contributed by atoms with Gasteiger partial charge in [-0.25, -0.2) is 9.48 Å². The lowest BCUT2D eigenvalue weighted by molar-refractivity contribution is -0.135. The second-order valence-electron chi connectivity index (χ2n) is 9.06. The lowest BCUT2D eigenvalue weighted by Gasteiger charge is -2.11. The maximum absolute atomic E-state index is 13.6. The van der Waals surface area contributed by atoms with Crippen molar-refractivity contribution in [1.82, 2.24) is 19.7 Å². The number of nitrogens with zero attached hydrogens (tertiary/aromatic N) is 3. The van der Waals surface area contributed by atoms with Crippen LogP contribution in [0.4, 0.5) is 0 Å². The standard InChI is InChI=1S/C30H32N4O5S/c1-5-20(3)31-26(35)19-33-27(17-28(36)39-6-2)40-25(30(33)37)16-22-18-34(23-10-8-7-9-11-23)32-29(22)21-12-14-24(38-4)15-13-21/h7-18,20H,5-6,19H2,1-4H3,(H,31,35)/b25-16-,27-17-. The maximum atomic E-state index is 13.6. The van der Waals surface area contributed by atoms with E-state index >= 15 is 0 Å². The van der Waals surface area contributed by atoms with Crippen LogP contribution in [-0.4, -0.2) is 46.0 Å². The minimum Gasteiger partial charge on any atom is -0.497 e. The number of esters is 1. The zero-order chi connectivity index (χ0) is 28.6. The van der Waals surface area contributed by atoms with Gasteiger partial charge in [0.05, 0.1) is 30.0 Å². The van der Waals surface area contributed by atoms with Crippen molar-refractivity contribution in [2.45, 2.75) is 39.8 Å². The molecule has 10 heteroatoms. The highest BCUT2D eigenvalue weighted by atomic mass is 32.1. The number of benzene rings is 2. The molecule has 0 spiro atoms. The molecule has 0 bridgehead atoms. The molecule has 2 aromatic carbocycles. The Labute approximate surface area is 236 Å². The predicted octanol–water partition coefficient (Wildman–Crippen LogP) is 2.86. The van der Waals surface area contributed by atoms with Gasteiger partial charge in [0.15, 0.2) is 0 Å².